The number of carbonyl (C=O) groups is 4. The Morgan fingerprint density at radius 2 is 1.81 bits per heavy atom. The first-order valence-corrected chi connectivity index (χ1v) is 11.6. The van der Waals surface area contributed by atoms with Crippen LogP contribution in [0.25, 0.3) is 0 Å². The van der Waals surface area contributed by atoms with Gasteiger partial charge in [0.15, 0.2) is 0 Å². The number of hydrogen-bond donors (Lipinski definition) is 2. The summed E-state index contributed by atoms with van der Waals surface area (Å²) < 4.78 is 4.96. The number of ketones is 1. The fourth-order valence-corrected chi connectivity index (χ4v) is 4.40. The molecule has 0 aromatic heterocycles. The number of amides is 1. The number of carboxylic acid groups (broad SMARTS) is 1. The molecule has 176 valence electrons. The van der Waals surface area contributed by atoms with E-state index in [4.69, 9.17) is 4.74 Å². The van der Waals surface area contributed by atoms with E-state index in [9.17, 15) is 24.3 Å². The summed E-state index contributed by atoms with van der Waals surface area (Å²) in [4.78, 5) is 49.3. The maximum absolute atomic E-state index is 12.8. The van der Waals surface area contributed by atoms with Crippen LogP contribution in [0.15, 0.2) is 18.2 Å². The molecular formula is C25H35NO6. The van der Waals surface area contributed by atoms with Gasteiger partial charge in [-0.15, -0.1) is 0 Å². The van der Waals surface area contributed by atoms with Gasteiger partial charge in [-0.1, -0.05) is 57.2 Å². The van der Waals surface area contributed by atoms with Crippen LogP contribution in [0.4, 0.5) is 0 Å². The third-order valence-corrected chi connectivity index (χ3v) is 6.04. The standard InChI is InChI=1S/C25H35NO6/c1-4-6-7-8-9-10-11-18-12-13-20-19(14-18)15-22(28)21(20)16-25(23(29)30,26-17(3)27)24(31)32-5-2/h12-14,21H,4-11,15-16H2,1-3H3,(H,26,27)(H,29,30). The van der Waals surface area contributed by atoms with Crippen LogP contribution in [0, 0.1) is 0 Å². The third-order valence-electron chi connectivity index (χ3n) is 6.04. The summed E-state index contributed by atoms with van der Waals surface area (Å²) >= 11 is 0. The Balaban J connectivity index is 2.19. The number of Topliss-reactive ketones (excluding diaryl/α,β-unsaturated/α-hetero) is 1. The number of esters is 1. The molecule has 1 aromatic carbocycles. The Bertz CT molecular complexity index is 849. The molecule has 0 saturated heterocycles. The second-order valence-electron chi connectivity index (χ2n) is 8.56. The summed E-state index contributed by atoms with van der Waals surface area (Å²) in [5.74, 6) is -4.23. The second kappa shape index (κ2) is 11.8. The van der Waals surface area contributed by atoms with Crippen molar-refractivity contribution < 1.29 is 29.0 Å². The van der Waals surface area contributed by atoms with E-state index in [1.807, 2.05) is 18.2 Å². The Kier molecular flexibility index (Phi) is 9.42. The highest BCUT2D eigenvalue weighted by Gasteiger charge is 2.52. The number of hydrogen-bond acceptors (Lipinski definition) is 5. The number of aliphatic carboxylic acids is 1. The topological polar surface area (TPSA) is 110 Å². The molecule has 1 amide bonds. The summed E-state index contributed by atoms with van der Waals surface area (Å²) in [6.07, 6.45) is 8.01. The van der Waals surface area contributed by atoms with Gasteiger partial charge in [0.25, 0.3) is 0 Å². The molecule has 7 heteroatoms. The Morgan fingerprint density at radius 1 is 1.12 bits per heavy atom. The number of unbranched alkanes of at least 4 members (excludes halogenated alkanes) is 5. The van der Waals surface area contributed by atoms with Crippen LogP contribution >= 0.6 is 0 Å². The highest BCUT2D eigenvalue weighted by atomic mass is 16.5. The summed E-state index contributed by atoms with van der Waals surface area (Å²) in [6.45, 7) is 4.85. The van der Waals surface area contributed by atoms with E-state index in [0.29, 0.717) is 0 Å². The number of rotatable bonds is 13. The van der Waals surface area contributed by atoms with Crippen LogP contribution in [0.3, 0.4) is 0 Å². The lowest BCUT2D eigenvalue weighted by atomic mass is 9.83. The molecule has 7 nitrogen and oxygen atoms in total. The zero-order valence-corrected chi connectivity index (χ0v) is 19.4. The summed E-state index contributed by atoms with van der Waals surface area (Å²) in [5, 5.41) is 12.1. The maximum Gasteiger partial charge on any atom is 0.343 e. The first kappa shape index (κ1) is 25.6. The molecule has 0 spiro atoms. The van der Waals surface area contributed by atoms with Crippen LogP contribution in [0.1, 0.15) is 88.3 Å². The lowest BCUT2D eigenvalue weighted by molar-refractivity contribution is -0.165. The molecule has 2 rings (SSSR count). The molecule has 1 aromatic rings. The predicted molar refractivity (Wildman–Crippen MR) is 120 cm³/mol. The molecule has 2 unspecified atom stereocenters. The van der Waals surface area contributed by atoms with Gasteiger partial charge in [0.05, 0.1) is 6.61 Å². The molecule has 0 fully saturated rings. The molecule has 0 heterocycles. The van der Waals surface area contributed by atoms with Crippen LogP contribution in [-0.4, -0.2) is 40.9 Å². The van der Waals surface area contributed by atoms with E-state index in [2.05, 4.69) is 12.2 Å². The summed E-state index contributed by atoms with van der Waals surface area (Å²) in [7, 11) is 0. The van der Waals surface area contributed by atoms with E-state index in [-0.39, 0.29) is 25.2 Å². The number of ether oxygens (including phenoxy) is 1. The van der Waals surface area contributed by atoms with Crippen molar-refractivity contribution >= 4 is 23.6 Å². The first-order valence-electron chi connectivity index (χ1n) is 11.6. The molecule has 2 N–H and O–H groups in total. The lowest BCUT2D eigenvalue weighted by Gasteiger charge is -2.30. The molecule has 0 saturated carbocycles. The van der Waals surface area contributed by atoms with Gasteiger partial charge in [-0.2, -0.15) is 0 Å². The molecule has 0 radical (unpaired) electrons. The number of carbonyl (C=O) groups excluding carboxylic acids is 3. The van der Waals surface area contributed by atoms with Crippen molar-refractivity contribution in [2.75, 3.05) is 6.61 Å². The monoisotopic (exact) mass is 445 g/mol. The first-order chi connectivity index (χ1) is 15.2. The van der Waals surface area contributed by atoms with Gasteiger partial charge >= 0.3 is 11.9 Å². The second-order valence-corrected chi connectivity index (χ2v) is 8.56. The number of aryl methyl sites for hydroxylation is 1. The Morgan fingerprint density at radius 3 is 2.44 bits per heavy atom. The van der Waals surface area contributed by atoms with Gasteiger partial charge in [-0.05, 0) is 36.5 Å². The molecule has 1 aliphatic carbocycles. The van der Waals surface area contributed by atoms with Crippen molar-refractivity contribution in [2.45, 2.75) is 90.0 Å². The van der Waals surface area contributed by atoms with E-state index < -0.39 is 29.3 Å². The van der Waals surface area contributed by atoms with E-state index in [1.165, 1.54) is 32.1 Å². The maximum atomic E-state index is 12.8. The van der Waals surface area contributed by atoms with Gasteiger partial charge in [-0.25, -0.2) is 9.59 Å². The molecule has 32 heavy (non-hydrogen) atoms. The average Bonchev–Trinajstić information content (AvgIpc) is 3.03. The normalized spacial score (nSPS) is 16.8. The van der Waals surface area contributed by atoms with Gasteiger partial charge in [0, 0.05) is 25.7 Å². The van der Waals surface area contributed by atoms with Gasteiger partial charge in [0.2, 0.25) is 11.4 Å². The van der Waals surface area contributed by atoms with Crippen LogP contribution in [0.5, 0.6) is 0 Å². The smallest absolute Gasteiger partial charge is 0.343 e. The lowest BCUT2D eigenvalue weighted by Crippen LogP contribution is -2.61. The van der Waals surface area contributed by atoms with Crippen molar-refractivity contribution in [3.05, 3.63) is 34.9 Å². The number of carboxylic acids is 1. The highest BCUT2D eigenvalue weighted by Crippen LogP contribution is 2.37. The minimum absolute atomic E-state index is 0.0372. The van der Waals surface area contributed by atoms with Crippen LogP contribution < -0.4 is 5.32 Å². The quantitative estimate of drug-likeness (QED) is 0.272. The molecule has 0 aliphatic heterocycles. The van der Waals surface area contributed by atoms with Crippen LogP contribution in [0.2, 0.25) is 0 Å². The fourth-order valence-electron chi connectivity index (χ4n) is 4.40. The third kappa shape index (κ3) is 6.17. The highest BCUT2D eigenvalue weighted by molar-refractivity contribution is 6.08. The van der Waals surface area contributed by atoms with E-state index in [1.54, 1.807) is 6.92 Å². The van der Waals surface area contributed by atoms with Crippen molar-refractivity contribution in [1.29, 1.82) is 0 Å². The molecular weight excluding hydrogens is 410 g/mol. The number of nitrogens with one attached hydrogen (secondary N) is 1. The fraction of sp³-hybridized carbons (Fsp3) is 0.600. The largest absolute Gasteiger partial charge is 0.479 e. The average molecular weight is 446 g/mol. The van der Waals surface area contributed by atoms with Crippen molar-refractivity contribution in [3.8, 4) is 0 Å². The molecule has 1 aliphatic rings. The molecule has 0 bridgehead atoms. The minimum atomic E-state index is -2.30. The van der Waals surface area contributed by atoms with Gasteiger partial charge in [0.1, 0.15) is 5.78 Å². The van der Waals surface area contributed by atoms with Gasteiger partial charge in [-0.3, -0.25) is 9.59 Å². The van der Waals surface area contributed by atoms with E-state index >= 15 is 0 Å². The SMILES string of the molecule is CCCCCCCCc1ccc2c(c1)CC(=O)C2CC(NC(C)=O)(C(=O)O)C(=O)OCC. The van der Waals surface area contributed by atoms with Crippen molar-refractivity contribution in [1.82, 2.24) is 5.32 Å². The minimum Gasteiger partial charge on any atom is -0.479 e. The number of benzene rings is 1. The van der Waals surface area contributed by atoms with Gasteiger partial charge < -0.3 is 15.2 Å². The zero-order chi connectivity index (χ0) is 23.7. The number of fused-ring (bicyclic) bond motifs is 1. The van der Waals surface area contributed by atoms with Crippen molar-refractivity contribution in [2.24, 2.45) is 0 Å². The predicted octanol–water partition coefficient (Wildman–Crippen LogP) is 3.71. The van der Waals surface area contributed by atoms with Crippen LogP contribution in [-0.2, 0) is 36.8 Å². The summed E-state index contributed by atoms with van der Waals surface area (Å²) in [6, 6.07) is 5.86. The Labute approximate surface area is 189 Å². The Hall–Kier alpha value is -2.70. The van der Waals surface area contributed by atoms with Crippen molar-refractivity contribution in [3.63, 3.8) is 0 Å². The molecule has 2 atom stereocenters. The zero-order valence-electron chi connectivity index (χ0n) is 19.4. The summed E-state index contributed by atoms with van der Waals surface area (Å²) in [5.41, 5.74) is 0.446. The van der Waals surface area contributed by atoms with E-state index in [0.717, 1.165) is 36.5 Å².